The quantitative estimate of drug-likeness (QED) is 0.192. The summed E-state index contributed by atoms with van der Waals surface area (Å²) in [5.41, 5.74) is -1.56. The summed E-state index contributed by atoms with van der Waals surface area (Å²) in [5, 5.41) is 0. The van der Waals surface area contributed by atoms with Crippen LogP contribution in [0.1, 0.15) is 124 Å². The van der Waals surface area contributed by atoms with Crippen molar-refractivity contribution < 1.29 is 57.1 Å². The summed E-state index contributed by atoms with van der Waals surface area (Å²) in [6.45, 7) is 20.8. The molecule has 0 rings (SSSR count). The van der Waals surface area contributed by atoms with E-state index < -0.39 is 49.6 Å². The second-order valence-electron chi connectivity index (χ2n) is 11.2. The molecule has 0 unspecified atom stereocenters. The summed E-state index contributed by atoms with van der Waals surface area (Å²) in [7, 11) is 0.500. The van der Waals surface area contributed by atoms with Gasteiger partial charge in [0.25, 0.3) is 0 Å². The molecule has 0 aromatic rings. The van der Waals surface area contributed by atoms with Crippen LogP contribution in [0.5, 0.6) is 0 Å². The molecular weight excluding hydrogens is 761 g/mol. The van der Waals surface area contributed by atoms with E-state index in [1.165, 1.54) is 34.1 Å². The van der Waals surface area contributed by atoms with Crippen LogP contribution < -0.4 is 0 Å². The summed E-state index contributed by atoms with van der Waals surface area (Å²) >= 11 is 25.8. The number of hydrogen-bond donors (Lipinski definition) is 0. The third-order valence-corrected chi connectivity index (χ3v) is 2.49. The first kappa shape index (κ1) is 68.5. The SMILES string of the molecule is CC(C)(C)C(F)(F)F.CC(C)(Cl)Cl.CC(C)(F)F.CC(C)C(C)(F)F.CC(Cl)(Cl)Cl.CC(F)(F)F.CCC.CCC(C)(F)F.CF. The Hall–Kier alpha value is 0.540. The smallest absolute Gasteiger partial charge is 0.255 e. The highest BCUT2D eigenvalue weighted by molar-refractivity contribution is 6.67. The normalized spacial score (nSPS) is 11.7. The van der Waals surface area contributed by atoms with Crippen molar-refractivity contribution in [1.82, 2.24) is 0 Å². The molecule has 0 aliphatic heterocycles. The third kappa shape index (κ3) is 246. The molecule has 294 valence electrons. The standard InChI is InChI=1S/C5H9F3.C5H10F2.C4H8F2.C3H6Cl2.C3H6F2.C3H8.C2H3Cl3.C2H3F3.CH3F/c1-4(2,3)5(6,7)8;1-4(2)5(3,6)7;1-3-4(2,5)6;2*1-3(2,4)5;1-3-2;2*1-2(3,4)5;1-2/h1-3H3;4H,1-3H3;3H2,1-2H3;2*1-2H3;3H2,1-2H3;2*1H3;1H3. The van der Waals surface area contributed by atoms with E-state index in [1.54, 1.807) is 13.8 Å². The molecule has 0 aliphatic carbocycles. The van der Waals surface area contributed by atoms with Crippen molar-refractivity contribution in [3.63, 3.8) is 0 Å². The van der Waals surface area contributed by atoms with Crippen LogP contribution in [0.3, 0.4) is 0 Å². The van der Waals surface area contributed by atoms with Crippen molar-refractivity contribution >= 4 is 58.0 Å². The van der Waals surface area contributed by atoms with E-state index in [-0.39, 0.29) is 13.3 Å². The predicted molar refractivity (Wildman–Crippen MR) is 175 cm³/mol. The van der Waals surface area contributed by atoms with Crippen LogP contribution >= 0.6 is 58.0 Å². The molecule has 0 bridgehead atoms. The lowest BCUT2D eigenvalue weighted by atomic mass is 9.96. The van der Waals surface area contributed by atoms with Crippen molar-refractivity contribution in [2.75, 3.05) is 7.18 Å². The molecule has 0 amide bonds. The molecule has 0 saturated heterocycles. The summed E-state index contributed by atoms with van der Waals surface area (Å²) < 4.78 is 142. The fourth-order valence-corrected chi connectivity index (χ4v) is 0. The Bertz CT molecular complexity index is 505. The molecule has 0 heterocycles. The van der Waals surface area contributed by atoms with E-state index in [0.29, 0.717) is 7.18 Å². The minimum Gasteiger partial charge on any atom is -0.255 e. The Kier molecular flexibility index (Phi) is 46.9. The molecule has 0 aliphatic rings. The van der Waals surface area contributed by atoms with Crippen LogP contribution in [-0.4, -0.2) is 45.4 Å². The van der Waals surface area contributed by atoms with Crippen LogP contribution in [0.2, 0.25) is 0 Å². The molecule has 0 radical (unpaired) electrons. The van der Waals surface area contributed by atoms with Crippen molar-refractivity contribution in [3.8, 4) is 0 Å². The average molecular weight is 817 g/mol. The topological polar surface area (TPSA) is 0 Å². The molecule has 0 saturated carbocycles. The van der Waals surface area contributed by atoms with E-state index in [2.05, 4.69) is 13.8 Å². The van der Waals surface area contributed by atoms with Crippen LogP contribution in [0.15, 0.2) is 0 Å². The minimum atomic E-state index is -4.06. The first-order valence-electron chi connectivity index (χ1n) is 13.3. The second-order valence-corrected chi connectivity index (χ2v) is 16.1. The van der Waals surface area contributed by atoms with Gasteiger partial charge in [-0.2, -0.15) is 26.3 Å². The lowest BCUT2D eigenvalue weighted by Gasteiger charge is -2.21. The van der Waals surface area contributed by atoms with E-state index in [1.807, 2.05) is 0 Å². The maximum Gasteiger partial charge on any atom is 0.393 e. The van der Waals surface area contributed by atoms with E-state index in [4.69, 9.17) is 58.0 Å². The number of halogens is 18. The fourth-order valence-electron chi connectivity index (χ4n) is 0. The Balaban J connectivity index is -0.0000000488. The Morgan fingerprint density at radius 2 is 0.565 bits per heavy atom. The van der Waals surface area contributed by atoms with Crippen LogP contribution in [0.25, 0.3) is 0 Å². The predicted octanol–water partition coefficient (Wildman–Crippen LogP) is 16.8. The summed E-state index contributed by atoms with van der Waals surface area (Å²) in [5.74, 6) is -7.99. The van der Waals surface area contributed by atoms with Gasteiger partial charge < -0.3 is 0 Å². The van der Waals surface area contributed by atoms with Gasteiger partial charge in [0.05, 0.1) is 12.6 Å². The van der Waals surface area contributed by atoms with Gasteiger partial charge in [-0.05, 0) is 48.5 Å². The highest BCUT2D eigenvalue weighted by atomic mass is 35.6. The number of hydrogen-bond acceptors (Lipinski definition) is 0. The van der Waals surface area contributed by atoms with Gasteiger partial charge >= 0.3 is 12.4 Å². The molecule has 0 atom stereocenters. The second kappa shape index (κ2) is 31.5. The summed E-state index contributed by atoms with van der Waals surface area (Å²) in [6, 6.07) is 0. The fraction of sp³-hybridized carbons (Fsp3) is 1.00. The Morgan fingerprint density at radius 1 is 0.500 bits per heavy atom. The third-order valence-electron chi connectivity index (χ3n) is 2.49. The first-order valence-corrected chi connectivity index (χ1v) is 15.1. The van der Waals surface area contributed by atoms with Gasteiger partial charge in [0, 0.05) is 19.3 Å². The molecule has 0 aromatic heterocycles. The van der Waals surface area contributed by atoms with Crippen LogP contribution in [-0.2, 0) is 0 Å². The maximum atomic E-state index is 11.8. The van der Waals surface area contributed by atoms with Crippen molar-refractivity contribution in [2.24, 2.45) is 11.3 Å². The zero-order chi connectivity index (χ0) is 41.0. The average Bonchev–Trinajstić information content (AvgIpc) is 2.63. The van der Waals surface area contributed by atoms with Gasteiger partial charge in [0.2, 0.25) is 17.8 Å². The molecule has 18 heteroatoms. The Morgan fingerprint density at radius 3 is 0.565 bits per heavy atom. The molecule has 0 spiro atoms. The lowest BCUT2D eigenvalue weighted by Crippen LogP contribution is -2.28. The summed E-state index contributed by atoms with van der Waals surface area (Å²) in [4.78, 5) is 0. The first-order chi connectivity index (χ1) is 19.2. The Labute approximate surface area is 294 Å². The van der Waals surface area contributed by atoms with Gasteiger partial charge in [-0.25, -0.2) is 26.3 Å². The van der Waals surface area contributed by atoms with Gasteiger partial charge in [-0.1, -0.05) is 96.6 Å². The zero-order valence-electron chi connectivity index (χ0n) is 29.8. The minimum absolute atomic E-state index is 0.0625. The van der Waals surface area contributed by atoms with E-state index >= 15 is 0 Å². The molecular formula is C28H56Cl5F13. The van der Waals surface area contributed by atoms with Crippen LogP contribution in [0.4, 0.5) is 57.1 Å². The molecule has 0 aromatic carbocycles. The highest BCUT2D eigenvalue weighted by Crippen LogP contribution is 2.36. The van der Waals surface area contributed by atoms with Gasteiger partial charge in [0.1, 0.15) is 4.33 Å². The lowest BCUT2D eigenvalue weighted by molar-refractivity contribution is -0.204. The van der Waals surface area contributed by atoms with Gasteiger partial charge in [0.15, 0.2) is 3.79 Å². The molecule has 0 nitrogen and oxygen atoms in total. The van der Waals surface area contributed by atoms with E-state index in [9.17, 15) is 57.1 Å². The van der Waals surface area contributed by atoms with Crippen LogP contribution in [0, 0.1) is 11.3 Å². The number of rotatable bonds is 2. The van der Waals surface area contributed by atoms with Gasteiger partial charge in [-0.3, -0.25) is 4.39 Å². The molecule has 46 heavy (non-hydrogen) atoms. The largest absolute Gasteiger partial charge is 0.393 e. The van der Waals surface area contributed by atoms with E-state index in [0.717, 1.165) is 48.5 Å². The summed E-state index contributed by atoms with van der Waals surface area (Å²) in [6.07, 6.45) is -6.88. The van der Waals surface area contributed by atoms with Gasteiger partial charge in [-0.15, -0.1) is 23.2 Å². The zero-order valence-corrected chi connectivity index (χ0v) is 33.6. The number of alkyl halides is 18. The molecule has 0 fully saturated rings. The highest BCUT2D eigenvalue weighted by Gasteiger charge is 2.42. The monoisotopic (exact) mass is 814 g/mol. The van der Waals surface area contributed by atoms with Crippen molar-refractivity contribution in [3.05, 3.63) is 0 Å². The maximum absolute atomic E-state index is 11.8. The molecule has 0 N–H and O–H groups in total. The van der Waals surface area contributed by atoms with Crippen molar-refractivity contribution in [1.29, 1.82) is 0 Å². The van der Waals surface area contributed by atoms with Crippen molar-refractivity contribution in [2.45, 2.75) is 162 Å².